The van der Waals surface area contributed by atoms with Gasteiger partial charge in [0.15, 0.2) is 6.61 Å². The van der Waals surface area contributed by atoms with Crippen LogP contribution in [0, 0.1) is 0 Å². The first kappa shape index (κ1) is 15.0. The normalized spacial score (nSPS) is 9.79. The van der Waals surface area contributed by atoms with Crippen LogP contribution >= 0.6 is 0 Å². The van der Waals surface area contributed by atoms with Gasteiger partial charge in [0.1, 0.15) is 12.3 Å². The maximum atomic E-state index is 11.4. The second-order valence-electron chi connectivity index (χ2n) is 3.87. The minimum absolute atomic E-state index is 0.118. The number of nitrogens with one attached hydrogen (secondary N) is 1. The smallest absolute Gasteiger partial charge is 0.325 e. The largest absolute Gasteiger partial charge is 0.484 e. The van der Waals surface area contributed by atoms with E-state index in [1.165, 1.54) is 0 Å². The minimum Gasteiger partial charge on any atom is -0.484 e. The van der Waals surface area contributed by atoms with Crippen LogP contribution < -0.4 is 10.1 Å². The van der Waals surface area contributed by atoms with Crippen molar-refractivity contribution in [1.29, 1.82) is 0 Å². The molecule has 1 N–H and O–H groups in total. The van der Waals surface area contributed by atoms with E-state index in [1.54, 1.807) is 13.0 Å². The molecule has 5 heteroatoms. The first-order chi connectivity index (χ1) is 9.15. The molecule has 1 aromatic rings. The molecule has 19 heavy (non-hydrogen) atoms. The summed E-state index contributed by atoms with van der Waals surface area (Å²) in [6.07, 6.45) is 0.909. The number of aryl methyl sites for hydroxylation is 1. The van der Waals surface area contributed by atoms with E-state index >= 15 is 0 Å². The SMILES string of the molecule is CCOC(=O)CNC(=O)COc1cccc(CC)c1. The lowest BCUT2D eigenvalue weighted by Gasteiger charge is -2.08. The molecule has 5 nitrogen and oxygen atoms in total. The highest BCUT2D eigenvalue weighted by atomic mass is 16.5. The zero-order valence-corrected chi connectivity index (χ0v) is 11.3. The Balaban J connectivity index is 2.31. The van der Waals surface area contributed by atoms with E-state index in [9.17, 15) is 9.59 Å². The van der Waals surface area contributed by atoms with Gasteiger partial charge in [-0.15, -0.1) is 0 Å². The highest BCUT2D eigenvalue weighted by molar-refractivity contribution is 5.82. The summed E-state index contributed by atoms with van der Waals surface area (Å²) >= 11 is 0. The number of benzene rings is 1. The lowest BCUT2D eigenvalue weighted by Crippen LogP contribution is -2.34. The molecular formula is C14H19NO4. The van der Waals surface area contributed by atoms with Crippen LogP contribution in [-0.4, -0.2) is 31.6 Å². The Morgan fingerprint density at radius 3 is 2.74 bits per heavy atom. The van der Waals surface area contributed by atoms with Gasteiger partial charge < -0.3 is 14.8 Å². The van der Waals surface area contributed by atoms with Gasteiger partial charge in [0, 0.05) is 0 Å². The van der Waals surface area contributed by atoms with Gasteiger partial charge in [0.25, 0.3) is 5.91 Å². The first-order valence-corrected chi connectivity index (χ1v) is 6.29. The van der Waals surface area contributed by atoms with Crippen LogP contribution in [0.4, 0.5) is 0 Å². The number of amides is 1. The van der Waals surface area contributed by atoms with E-state index in [2.05, 4.69) is 5.32 Å². The maximum absolute atomic E-state index is 11.4. The Morgan fingerprint density at radius 2 is 2.05 bits per heavy atom. The number of ether oxygens (including phenoxy) is 2. The Labute approximate surface area is 112 Å². The van der Waals surface area contributed by atoms with E-state index in [-0.39, 0.29) is 19.1 Å². The monoisotopic (exact) mass is 265 g/mol. The third-order valence-corrected chi connectivity index (χ3v) is 2.41. The predicted molar refractivity (Wildman–Crippen MR) is 71.0 cm³/mol. The van der Waals surface area contributed by atoms with Gasteiger partial charge in [0.2, 0.25) is 0 Å². The van der Waals surface area contributed by atoms with Crippen LogP contribution in [0.2, 0.25) is 0 Å². The maximum Gasteiger partial charge on any atom is 0.325 e. The molecule has 0 heterocycles. The fourth-order valence-electron chi connectivity index (χ4n) is 1.44. The summed E-state index contributed by atoms with van der Waals surface area (Å²) in [5.74, 6) is -0.163. The fourth-order valence-corrected chi connectivity index (χ4v) is 1.44. The van der Waals surface area contributed by atoms with E-state index < -0.39 is 5.97 Å². The Hall–Kier alpha value is -2.04. The molecule has 1 rings (SSSR count). The third kappa shape index (κ3) is 5.90. The average Bonchev–Trinajstić information content (AvgIpc) is 2.43. The van der Waals surface area contributed by atoms with Crippen LogP contribution in [0.5, 0.6) is 5.75 Å². The summed E-state index contributed by atoms with van der Waals surface area (Å²) in [5.41, 5.74) is 1.14. The highest BCUT2D eigenvalue weighted by Crippen LogP contribution is 2.13. The summed E-state index contributed by atoms with van der Waals surface area (Å²) in [6.45, 7) is 3.81. The standard InChI is InChI=1S/C14H19NO4/c1-3-11-6-5-7-12(8-11)19-10-13(16)15-9-14(17)18-4-2/h5-8H,3-4,9-10H2,1-2H3,(H,15,16). The van der Waals surface area contributed by atoms with Crippen molar-refractivity contribution in [2.45, 2.75) is 20.3 Å². The van der Waals surface area contributed by atoms with Gasteiger partial charge >= 0.3 is 5.97 Å². The van der Waals surface area contributed by atoms with Crippen molar-refractivity contribution in [2.75, 3.05) is 19.8 Å². The number of rotatable bonds is 7. The van der Waals surface area contributed by atoms with Crippen LogP contribution in [0.3, 0.4) is 0 Å². The van der Waals surface area contributed by atoms with Gasteiger partial charge in [-0.3, -0.25) is 9.59 Å². The molecule has 0 aromatic heterocycles. The fraction of sp³-hybridized carbons (Fsp3) is 0.429. The van der Waals surface area contributed by atoms with E-state index in [1.807, 2.05) is 25.1 Å². The summed E-state index contributed by atoms with van der Waals surface area (Å²) in [6, 6.07) is 7.55. The molecule has 0 fully saturated rings. The molecule has 0 atom stereocenters. The second-order valence-corrected chi connectivity index (χ2v) is 3.87. The molecule has 0 radical (unpaired) electrons. The highest BCUT2D eigenvalue weighted by Gasteiger charge is 2.06. The van der Waals surface area contributed by atoms with E-state index in [4.69, 9.17) is 9.47 Å². The molecule has 0 saturated carbocycles. The van der Waals surface area contributed by atoms with Crippen molar-refractivity contribution in [3.63, 3.8) is 0 Å². The molecule has 0 spiro atoms. The quantitative estimate of drug-likeness (QED) is 0.755. The van der Waals surface area contributed by atoms with Gasteiger partial charge in [-0.1, -0.05) is 19.1 Å². The van der Waals surface area contributed by atoms with Crippen molar-refractivity contribution < 1.29 is 19.1 Å². The van der Waals surface area contributed by atoms with Gasteiger partial charge in [-0.25, -0.2) is 0 Å². The van der Waals surface area contributed by atoms with Gasteiger partial charge in [-0.2, -0.15) is 0 Å². The van der Waals surface area contributed by atoms with Gasteiger partial charge in [-0.05, 0) is 31.0 Å². The van der Waals surface area contributed by atoms with Crippen molar-refractivity contribution in [2.24, 2.45) is 0 Å². The number of carbonyl (C=O) groups is 2. The van der Waals surface area contributed by atoms with Crippen molar-refractivity contribution >= 4 is 11.9 Å². The van der Waals surface area contributed by atoms with E-state index in [0.717, 1.165) is 12.0 Å². The summed E-state index contributed by atoms with van der Waals surface area (Å²) in [4.78, 5) is 22.5. The molecule has 0 unspecified atom stereocenters. The topological polar surface area (TPSA) is 64.6 Å². The summed E-state index contributed by atoms with van der Waals surface area (Å²) in [7, 11) is 0. The Bertz CT molecular complexity index is 431. The molecule has 0 bridgehead atoms. The average molecular weight is 265 g/mol. The molecule has 0 aliphatic heterocycles. The molecule has 0 aliphatic carbocycles. The number of hydrogen-bond acceptors (Lipinski definition) is 4. The number of esters is 1. The van der Waals surface area contributed by atoms with Crippen LogP contribution in [0.15, 0.2) is 24.3 Å². The molecule has 1 aromatic carbocycles. The summed E-state index contributed by atoms with van der Waals surface area (Å²) in [5, 5.41) is 2.43. The zero-order chi connectivity index (χ0) is 14.1. The lowest BCUT2D eigenvalue weighted by molar-refractivity contribution is -0.143. The number of hydrogen-bond donors (Lipinski definition) is 1. The van der Waals surface area contributed by atoms with E-state index in [0.29, 0.717) is 12.4 Å². The van der Waals surface area contributed by atoms with Crippen molar-refractivity contribution in [3.05, 3.63) is 29.8 Å². The zero-order valence-electron chi connectivity index (χ0n) is 11.3. The molecule has 104 valence electrons. The second kappa shape index (κ2) is 8.13. The van der Waals surface area contributed by atoms with Crippen LogP contribution in [0.1, 0.15) is 19.4 Å². The molecule has 1 amide bonds. The molecule has 0 aliphatic rings. The predicted octanol–water partition coefficient (Wildman–Crippen LogP) is 1.31. The third-order valence-electron chi connectivity index (χ3n) is 2.41. The number of carbonyl (C=O) groups excluding carboxylic acids is 2. The van der Waals surface area contributed by atoms with Crippen LogP contribution in [-0.2, 0) is 20.7 Å². The molecular weight excluding hydrogens is 246 g/mol. The van der Waals surface area contributed by atoms with Gasteiger partial charge in [0.05, 0.1) is 6.61 Å². The van der Waals surface area contributed by atoms with Crippen molar-refractivity contribution in [3.8, 4) is 5.75 Å². The minimum atomic E-state index is -0.455. The summed E-state index contributed by atoms with van der Waals surface area (Å²) < 4.78 is 10.0. The van der Waals surface area contributed by atoms with Crippen LogP contribution in [0.25, 0.3) is 0 Å². The lowest BCUT2D eigenvalue weighted by atomic mass is 10.2. The van der Waals surface area contributed by atoms with Crippen molar-refractivity contribution in [1.82, 2.24) is 5.32 Å². The molecule has 0 saturated heterocycles. The Kier molecular flexibility index (Phi) is 6.43. The first-order valence-electron chi connectivity index (χ1n) is 6.29. The Morgan fingerprint density at radius 1 is 1.26 bits per heavy atom.